The summed E-state index contributed by atoms with van der Waals surface area (Å²) in [6, 6.07) is 8.73. The zero-order valence-corrected chi connectivity index (χ0v) is 13.3. The fraction of sp³-hybridized carbons (Fsp3) is 0.500. The van der Waals surface area contributed by atoms with Gasteiger partial charge in [-0.3, -0.25) is 9.80 Å². The maximum Gasteiger partial charge on any atom is 0.0614 e. The first-order valence-corrected chi connectivity index (χ1v) is 8.39. The van der Waals surface area contributed by atoms with Crippen molar-refractivity contribution in [3.8, 4) is 23.7 Å². The van der Waals surface area contributed by atoms with Crippen LogP contribution in [-0.2, 0) is 13.0 Å². The van der Waals surface area contributed by atoms with Crippen LogP contribution in [0, 0.1) is 23.7 Å². The van der Waals surface area contributed by atoms with E-state index in [2.05, 4.69) is 57.7 Å². The molecule has 114 valence electrons. The van der Waals surface area contributed by atoms with Gasteiger partial charge in [-0.1, -0.05) is 42.5 Å². The van der Waals surface area contributed by atoms with E-state index < -0.39 is 0 Å². The number of benzene rings is 1. The number of likely N-dealkylation sites (tertiary alicyclic amines) is 1. The summed E-state index contributed by atoms with van der Waals surface area (Å²) in [7, 11) is 0. The molecule has 22 heavy (non-hydrogen) atoms. The lowest BCUT2D eigenvalue weighted by Crippen LogP contribution is -2.30. The van der Waals surface area contributed by atoms with Gasteiger partial charge >= 0.3 is 0 Å². The van der Waals surface area contributed by atoms with Gasteiger partial charge in [0.25, 0.3) is 0 Å². The molecule has 0 radical (unpaired) electrons. The lowest BCUT2D eigenvalue weighted by molar-refractivity contribution is 0.255. The van der Waals surface area contributed by atoms with Gasteiger partial charge in [0.2, 0.25) is 0 Å². The van der Waals surface area contributed by atoms with E-state index in [1.54, 1.807) is 0 Å². The molecule has 0 aliphatic carbocycles. The van der Waals surface area contributed by atoms with Gasteiger partial charge in [0.1, 0.15) is 0 Å². The molecule has 2 nitrogen and oxygen atoms in total. The second-order valence-corrected chi connectivity index (χ2v) is 6.17. The van der Waals surface area contributed by atoms with Gasteiger partial charge in [0.05, 0.1) is 13.1 Å². The Morgan fingerprint density at radius 3 is 2.23 bits per heavy atom. The van der Waals surface area contributed by atoms with Crippen LogP contribution in [0.2, 0.25) is 0 Å². The van der Waals surface area contributed by atoms with Crippen LogP contribution < -0.4 is 0 Å². The highest BCUT2D eigenvalue weighted by molar-refractivity contribution is 5.30. The van der Waals surface area contributed by atoms with Crippen molar-refractivity contribution in [1.29, 1.82) is 0 Å². The van der Waals surface area contributed by atoms with Gasteiger partial charge in [0.15, 0.2) is 0 Å². The van der Waals surface area contributed by atoms with E-state index >= 15 is 0 Å². The lowest BCUT2D eigenvalue weighted by atomic mass is 10.0. The minimum atomic E-state index is 0.826. The van der Waals surface area contributed by atoms with Crippen LogP contribution >= 0.6 is 0 Å². The number of rotatable bonds is 2. The van der Waals surface area contributed by atoms with Gasteiger partial charge in [-0.15, -0.1) is 0 Å². The molecule has 1 fully saturated rings. The normalized spacial score (nSPS) is 18.5. The van der Waals surface area contributed by atoms with Crippen molar-refractivity contribution in [2.24, 2.45) is 0 Å². The van der Waals surface area contributed by atoms with Crippen molar-refractivity contribution >= 4 is 0 Å². The third kappa shape index (κ3) is 4.38. The van der Waals surface area contributed by atoms with Gasteiger partial charge in [-0.25, -0.2) is 0 Å². The SMILES string of the molecule is C(C#CCN1CCc2ccccc2C1)#CCN1CCCCC1. The first-order chi connectivity index (χ1) is 10.9. The molecule has 0 amide bonds. The Bertz CT molecular complexity index is 606. The Morgan fingerprint density at radius 2 is 1.45 bits per heavy atom. The number of piperidine rings is 1. The molecular formula is C20H24N2. The predicted molar refractivity (Wildman–Crippen MR) is 91.3 cm³/mol. The maximum absolute atomic E-state index is 3.21. The summed E-state index contributed by atoms with van der Waals surface area (Å²) in [5.41, 5.74) is 2.94. The molecule has 1 aromatic carbocycles. The quantitative estimate of drug-likeness (QED) is 0.773. The Hall–Kier alpha value is -1.74. The van der Waals surface area contributed by atoms with Crippen molar-refractivity contribution in [2.75, 3.05) is 32.7 Å². The number of fused-ring (bicyclic) bond motifs is 1. The van der Waals surface area contributed by atoms with E-state index in [1.807, 2.05) is 0 Å². The maximum atomic E-state index is 3.21. The topological polar surface area (TPSA) is 6.48 Å². The van der Waals surface area contributed by atoms with E-state index in [-0.39, 0.29) is 0 Å². The molecule has 1 aromatic rings. The molecule has 1 saturated heterocycles. The van der Waals surface area contributed by atoms with E-state index in [9.17, 15) is 0 Å². The van der Waals surface area contributed by atoms with E-state index in [4.69, 9.17) is 0 Å². The van der Waals surface area contributed by atoms with Gasteiger partial charge in [-0.05, 0) is 55.3 Å². The molecule has 0 unspecified atom stereocenters. The number of nitrogens with zero attached hydrogens (tertiary/aromatic N) is 2. The van der Waals surface area contributed by atoms with Gasteiger partial charge in [0, 0.05) is 13.1 Å². The highest BCUT2D eigenvalue weighted by Gasteiger charge is 2.13. The van der Waals surface area contributed by atoms with Crippen LogP contribution in [0.5, 0.6) is 0 Å². The molecule has 2 aliphatic heterocycles. The summed E-state index contributed by atoms with van der Waals surface area (Å²) in [6.45, 7) is 6.24. The van der Waals surface area contributed by atoms with Gasteiger partial charge in [-0.2, -0.15) is 0 Å². The Morgan fingerprint density at radius 1 is 0.773 bits per heavy atom. The Balaban J connectivity index is 1.42. The number of hydrogen-bond donors (Lipinski definition) is 0. The molecule has 0 spiro atoms. The van der Waals surface area contributed by atoms with E-state index in [0.29, 0.717) is 0 Å². The molecule has 0 atom stereocenters. The van der Waals surface area contributed by atoms with Crippen molar-refractivity contribution in [2.45, 2.75) is 32.2 Å². The second kappa shape index (κ2) is 8.04. The van der Waals surface area contributed by atoms with Crippen LogP contribution in [0.4, 0.5) is 0 Å². The summed E-state index contributed by atoms with van der Waals surface area (Å²) >= 11 is 0. The fourth-order valence-corrected chi connectivity index (χ4v) is 3.20. The molecular weight excluding hydrogens is 268 g/mol. The van der Waals surface area contributed by atoms with Crippen LogP contribution in [-0.4, -0.2) is 42.5 Å². The summed E-state index contributed by atoms with van der Waals surface area (Å²) in [6.07, 6.45) is 5.16. The molecule has 2 heteroatoms. The summed E-state index contributed by atoms with van der Waals surface area (Å²) in [5, 5.41) is 0. The van der Waals surface area contributed by atoms with Gasteiger partial charge < -0.3 is 0 Å². The monoisotopic (exact) mass is 292 g/mol. The highest BCUT2D eigenvalue weighted by atomic mass is 15.1. The molecule has 3 rings (SSSR count). The zero-order chi connectivity index (χ0) is 15.0. The standard InChI is InChI=1S/C20H24N2/c1(6-13-21-14-8-3-9-15-21)2-7-16-22-17-12-19-10-4-5-11-20(19)18-22/h4-5,10-11H,3,8-9,12-18H2. The first kappa shape index (κ1) is 15.2. The summed E-state index contributed by atoms with van der Waals surface area (Å²) < 4.78 is 0. The average Bonchev–Trinajstić information content (AvgIpc) is 2.59. The minimum Gasteiger partial charge on any atom is -0.292 e. The minimum absolute atomic E-state index is 0.826. The van der Waals surface area contributed by atoms with Crippen LogP contribution in [0.3, 0.4) is 0 Å². The lowest BCUT2D eigenvalue weighted by Gasteiger charge is -2.26. The first-order valence-electron chi connectivity index (χ1n) is 8.39. The largest absolute Gasteiger partial charge is 0.292 e. The Kier molecular flexibility index (Phi) is 5.54. The predicted octanol–water partition coefficient (Wildman–Crippen LogP) is 2.54. The summed E-state index contributed by atoms with van der Waals surface area (Å²) in [4.78, 5) is 4.83. The van der Waals surface area contributed by atoms with Crippen molar-refractivity contribution in [3.05, 3.63) is 35.4 Å². The van der Waals surface area contributed by atoms with Crippen LogP contribution in [0.1, 0.15) is 30.4 Å². The highest BCUT2D eigenvalue weighted by Crippen LogP contribution is 2.17. The van der Waals surface area contributed by atoms with Crippen LogP contribution in [0.25, 0.3) is 0 Å². The van der Waals surface area contributed by atoms with Crippen molar-refractivity contribution < 1.29 is 0 Å². The smallest absolute Gasteiger partial charge is 0.0614 e. The zero-order valence-electron chi connectivity index (χ0n) is 13.3. The average molecular weight is 292 g/mol. The third-order valence-electron chi connectivity index (χ3n) is 4.50. The number of hydrogen-bond acceptors (Lipinski definition) is 2. The molecule has 0 aromatic heterocycles. The summed E-state index contributed by atoms with van der Waals surface area (Å²) in [5.74, 6) is 12.4. The van der Waals surface area contributed by atoms with Crippen LogP contribution in [0.15, 0.2) is 24.3 Å². The molecule has 2 heterocycles. The Labute approximate surface area is 134 Å². The molecule has 0 N–H and O–H groups in total. The van der Waals surface area contributed by atoms with Crippen molar-refractivity contribution in [3.63, 3.8) is 0 Å². The third-order valence-corrected chi connectivity index (χ3v) is 4.50. The van der Waals surface area contributed by atoms with Crippen molar-refractivity contribution in [1.82, 2.24) is 9.80 Å². The molecule has 0 bridgehead atoms. The van der Waals surface area contributed by atoms with E-state index in [1.165, 1.54) is 43.5 Å². The molecule has 0 saturated carbocycles. The van der Waals surface area contributed by atoms with E-state index in [0.717, 1.165) is 32.6 Å². The second-order valence-electron chi connectivity index (χ2n) is 6.17. The fourth-order valence-electron chi connectivity index (χ4n) is 3.20. The molecule has 2 aliphatic rings.